The molecular weight excluding hydrogens is 1570 g/mol. The van der Waals surface area contributed by atoms with Crippen molar-refractivity contribution in [1.82, 2.24) is 0 Å². The smallest absolute Gasteiger partial charge is 0.463 e. The number of ether oxygens (including phenoxy) is 8. The van der Waals surface area contributed by atoms with Crippen LogP contribution in [0.15, 0.2) is 12.2 Å². The van der Waals surface area contributed by atoms with Gasteiger partial charge in [0.05, 0.1) is 13.2 Å². The minimum atomic E-state index is -5.81. The zero-order valence-electron chi connectivity index (χ0n) is 76.4. The van der Waals surface area contributed by atoms with E-state index in [4.69, 9.17) is 46.9 Å². The van der Waals surface area contributed by atoms with Crippen LogP contribution in [0, 0.1) is 11.8 Å². The van der Waals surface area contributed by atoms with Gasteiger partial charge >= 0.3 is 31.7 Å². The van der Waals surface area contributed by atoms with Crippen LogP contribution in [-0.2, 0) is 70.7 Å². The Morgan fingerprint density at radius 2 is 0.669 bits per heavy atom. The third kappa shape index (κ3) is 52.5. The summed E-state index contributed by atoms with van der Waals surface area (Å²) in [5, 5.41) is 103. The molecule has 0 aromatic carbocycles. The fourth-order valence-electron chi connectivity index (χ4n) is 16.6. The Hall–Kier alpha value is -2.79. The Morgan fingerprint density at radius 1 is 0.347 bits per heavy atom. The Balaban J connectivity index is 1.92. The molecule has 10 N–H and O–H groups in total. The van der Waals surface area contributed by atoms with E-state index in [9.17, 15) is 74.6 Å². The molecule has 0 spiro atoms. The number of phosphoric acid groups is 1. The van der Waals surface area contributed by atoms with Crippen molar-refractivity contribution in [1.29, 1.82) is 0 Å². The Bertz CT molecular complexity index is 2590. The second kappa shape index (κ2) is 72.1. The lowest BCUT2D eigenvalue weighted by Gasteiger charge is -2.50. The molecule has 20 unspecified atom stereocenters. The molecular formula is C95H177O25P. The van der Waals surface area contributed by atoms with Crippen molar-refractivity contribution < 1.29 is 122 Å². The quantitative estimate of drug-likeness (QED) is 0.00889. The average molecular weight is 1750 g/mol. The Kier molecular flexibility index (Phi) is 66.9. The van der Waals surface area contributed by atoms with E-state index in [0.29, 0.717) is 43.9 Å². The van der Waals surface area contributed by atoms with Gasteiger partial charge in [-0.3, -0.25) is 28.2 Å². The highest BCUT2D eigenvalue weighted by molar-refractivity contribution is 7.47. The minimum absolute atomic E-state index is 0.0150. The Morgan fingerprint density at radius 3 is 1.07 bits per heavy atom. The molecule has 121 heavy (non-hydrogen) atoms. The molecule has 20 atom stereocenters. The molecule has 3 rings (SSSR count). The van der Waals surface area contributed by atoms with Gasteiger partial charge in [-0.05, 0) is 63.2 Å². The standard InChI is InChI=1S/C95H177O25P/c1-7-11-15-19-23-25-27-29-31-33-35-37-39-49-57-65-78(97)111-70-75(114-80(99)67-59-52-44-42-48-56-64-74(6)62-54-46-22-18-14-10-4)71-113-121(109,110)120-93-91(118-94-88(107)84(103)82(101)76(69-96)115-94)87(106)86(105)90(117-81(100)68-60-51-40-38-36-34-32-30-28-26-24-20-16-12-8-2)92(93)119-95-89(108)85(104)83(102)77(116-95)72-112-79(98)66-58-50-43-41-47-55-63-73(5)61-53-45-21-17-13-9-3/h26,28,73-77,82-96,101-108H,7-25,27,29-72H2,1-6H3,(H,109,110)/b28-26-. The summed E-state index contributed by atoms with van der Waals surface area (Å²) in [7, 11) is -5.81. The van der Waals surface area contributed by atoms with E-state index in [1.165, 1.54) is 186 Å². The number of aliphatic hydroxyl groups excluding tert-OH is 9. The van der Waals surface area contributed by atoms with E-state index in [0.717, 1.165) is 141 Å². The van der Waals surface area contributed by atoms with Gasteiger partial charge in [0.15, 0.2) is 24.8 Å². The predicted molar refractivity (Wildman–Crippen MR) is 472 cm³/mol. The number of allylic oxidation sites excluding steroid dienone is 2. The summed E-state index contributed by atoms with van der Waals surface area (Å²) in [4.78, 5) is 66.7. The fourth-order valence-corrected chi connectivity index (χ4v) is 17.5. The highest BCUT2D eigenvalue weighted by Crippen LogP contribution is 2.49. The van der Waals surface area contributed by atoms with E-state index in [1.54, 1.807) is 0 Å². The normalized spacial score (nSPS) is 25.2. The predicted octanol–water partition coefficient (Wildman–Crippen LogP) is 18.8. The summed E-state index contributed by atoms with van der Waals surface area (Å²) in [6, 6.07) is 0. The van der Waals surface area contributed by atoms with Gasteiger partial charge in [0.2, 0.25) is 0 Å². The van der Waals surface area contributed by atoms with Crippen molar-refractivity contribution in [2.24, 2.45) is 11.8 Å². The van der Waals surface area contributed by atoms with Gasteiger partial charge in [-0.25, -0.2) is 4.57 Å². The van der Waals surface area contributed by atoms with Gasteiger partial charge in [-0.15, -0.1) is 0 Å². The molecule has 712 valence electrons. The first-order valence-corrected chi connectivity index (χ1v) is 50.7. The molecule has 0 aromatic rings. The molecule has 2 heterocycles. The van der Waals surface area contributed by atoms with Gasteiger partial charge in [0.1, 0.15) is 92.6 Å². The summed E-state index contributed by atoms with van der Waals surface area (Å²) < 4.78 is 73.7. The first kappa shape index (κ1) is 112. The lowest BCUT2D eigenvalue weighted by molar-refractivity contribution is -0.360. The van der Waals surface area contributed by atoms with Crippen molar-refractivity contribution in [3.63, 3.8) is 0 Å². The van der Waals surface area contributed by atoms with Crippen molar-refractivity contribution in [3.05, 3.63) is 12.2 Å². The molecule has 0 amide bonds. The Labute approximate surface area is 731 Å². The van der Waals surface area contributed by atoms with Crippen molar-refractivity contribution in [3.8, 4) is 0 Å². The molecule has 25 nitrogen and oxygen atoms in total. The van der Waals surface area contributed by atoms with Crippen LogP contribution in [0.1, 0.15) is 427 Å². The van der Waals surface area contributed by atoms with Crippen LogP contribution in [-0.4, -0.2) is 205 Å². The molecule has 3 fully saturated rings. The van der Waals surface area contributed by atoms with E-state index >= 15 is 0 Å². The summed E-state index contributed by atoms with van der Waals surface area (Å²) in [6.45, 7) is 10.3. The minimum Gasteiger partial charge on any atom is -0.463 e. The van der Waals surface area contributed by atoms with Gasteiger partial charge < -0.3 is 88.7 Å². The SMILES string of the molecule is CCCCCC/C=C\CCCCCCCCCC(=O)OC1C(O)C(O)C(OC2OC(CO)C(O)C(O)C2O)C(OP(=O)(O)OCC(COC(=O)CCCCCCCCCCCCCCCCC)OC(=O)CCCCCCCCC(C)CCCCCCCC)C1OC1OC(COC(=O)CCCCCCCCC(C)CCCCCCCC)C(O)C(O)C1O. The van der Waals surface area contributed by atoms with Crippen LogP contribution in [0.25, 0.3) is 0 Å². The van der Waals surface area contributed by atoms with Crippen LogP contribution >= 0.6 is 7.82 Å². The van der Waals surface area contributed by atoms with Gasteiger partial charge in [0.25, 0.3) is 0 Å². The summed E-state index contributed by atoms with van der Waals surface area (Å²) >= 11 is 0. The second-order valence-corrected chi connectivity index (χ2v) is 37.2. The number of hydrogen-bond acceptors (Lipinski definition) is 24. The van der Waals surface area contributed by atoms with Crippen LogP contribution in [0.2, 0.25) is 0 Å². The van der Waals surface area contributed by atoms with Crippen LogP contribution in [0.3, 0.4) is 0 Å². The summed E-state index contributed by atoms with van der Waals surface area (Å²) in [6.07, 6.45) is 29.0. The maximum atomic E-state index is 14.9. The van der Waals surface area contributed by atoms with E-state index in [-0.39, 0.29) is 25.7 Å². The van der Waals surface area contributed by atoms with Crippen LogP contribution in [0.5, 0.6) is 0 Å². The lowest BCUT2D eigenvalue weighted by atomic mass is 9.84. The first-order valence-electron chi connectivity index (χ1n) is 49.2. The molecule has 0 radical (unpaired) electrons. The number of hydrogen-bond donors (Lipinski definition) is 10. The topological polar surface area (TPSA) is 380 Å². The molecule has 0 bridgehead atoms. The maximum Gasteiger partial charge on any atom is 0.472 e. The third-order valence-electron chi connectivity index (χ3n) is 24.6. The van der Waals surface area contributed by atoms with Crippen molar-refractivity contribution >= 4 is 31.7 Å². The maximum absolute atomic E-state index is 14.9. The number of esters is 4. The number of unbranched alkanes of at least 4 members (excludes halogenated alkanes) is 45. The molecule has 2 saturated heterocycles. The molecule has 0 aromatic heterocycles. The molecule has 3 aliphatic rings. The van der Waals surface area contributed by atoms with Crippen LogP contribution < -0.4 is 0 Å². The number of aliphatic hydroxyl groups is 9. The number of carbonyl (C=O) groups excluding carboxylic acids is 4. The van der Waals surface area contributed by atoms with Gasteiger partial charge in [-0.1, -0.05) is 362 Å². The van der Waals surface area contributed by atoms with E-state index in [1.807, 2.05) is 0 Å². The van der Waals surface area contributed by atoms with E-state index < -0.39 is 162 Å². The number of phosphoric ester groups is 1. The number of rotatable bonds is 79. The number of carbonyl (C=O) groups is 4. The zero-order chi connectivity index (χ0) is 88.5. The second-order valence-electron chi connectivity index (χ2n) is 35.8. The van der Waals surface area contributed by atoms with Gasteiger partial charge in [-0.2, -0.15) is 0 Å². The average Bonchev–Trinajstić information content (AvgIpc) is 0.752. The first-order chi connectivity index (χ1) is 58.5. The monoisotopic (exact) mass is 1750 g/mol. The van der Waals surface area contributed by atoms with Crippen LogP contribution in [0.4, 0.5) is 0 Å². The fraction of sp³-hybridized carbons (Fsp3) is 0.937. The lowest BCUT2D eigenvalue weighted by Crippen LogP contribution is -2.70. The molecule has 1 saturated carbocycles. The van der Waals surface area contributed by atoms with Crippen molar-refractivity contribution in [2.45, 2.75) is 531 Å². The highest BCUT2D eigenvalue weighted by atomic mass is 31.2. The third-order valence-corrected chi connectivity index (χ3v) is 25.5. The zero-order valence-corrected chi connectivity index (χ0v) is 77.3. The molecule has 26 heteroatoms. The summed E-state index contributed by atoms with van der Waals surface area (Å²) in [5.74, 6) is -1.60. The summed E-state index contributed by atoms with van der Waals surface area (Å²) in [5.41, 5.74) is 0. The largest absolute Gasteiger partial charge is 0.472 e. The van der Waals surface area contributed by atoms with Crippen molar-refractivity contribution in [2.75, 3.05) is 26.4 Å². The molecule has 1 aliphatic carbocycles. The highest BCUT2D eigenvalue weighted by Gasteiger charge is 2.60. The molecule has 2 aliphatic heterocycles. The van der Waals surface area contributed by atoms with Gasteiger partial charge in [0, 0.05) is 25.7 Å². The van der Waals surface area contributed by atoms with E-state index in [2.05, 4.69) is 53.7 Å².